The van der Waals surface area contributed by atoms with Gasteiger partial charge >= 0.3 is 0 Å². The molecule has 0 spiro atoms. The van der Waals surface area contributed by atoms with Crippen molar-refractivity contribution in [2.45, 2.75) is 25.7 Å². The van der Waals surface area contributed by atoms with Gasteiger partial charge in [-0.3, -0.25) is 19.5 Å². The van der Waals surface area contributed by atoms with Crippen LogP contribution in [0.25, 0.3) is 11.1 Å². The van der Waals surface area contributed by atoms with E-state index in [1.165, 1.54) is 6.20 Å². The molecule has 1 atom stereocenters. The third kappa shape index (κ3) is 4.92. The minimum absolute atomic E-state index is 0.0224. The van der Waals surface area contributed by atoms with Crippen molar-refractivity contribution in [2.24, 2.45) is 5.41 Å². The second-order valence-corrected chi connectivity index (χ2v) is 9.09. The van der Waals surface area contributed by atoms with Crippen molar-refractivity contribution in [3.05, 3.63) is 82.3 Å². The van der Waals surface area contributed by atoms with Crippen LogP contribution in [0.1, 0.15) is 24.0 Å². The number of carbonyl (C=O) groups is 2. The highest BCUT2D eigenvalue weighted by Gasteiger charge is 2.44. The van der Waals surface area contributed by atoms with E-state index in [4.69, 9.17) is 0 Å². The van der Waals surface area contributed by atoms with Gasteiger partial charge in [-0.05, 0) is 36.0 Å². The van der Waals surface area contributed by atoms with Crippen LogP contribution >= 0.6 is 0 Å². The van der Waals surface area contributed by atoms with Crippen molar-refractivity contribution in [2.75, 3.05) is 27.2 Å². The van der Waals surface area contributed by atoms with Crippen molar-refractivity contribution in [1.82, 2.24) is 20.0 Å². The summed E-state index contributed by atoms with van der Waals surface area (Å²) in [6, 6.07) is 18.5. The quantitative estimate of drug-likeness (QED) is 0.610. The van der Waals surface area contributed by atoms with Crippen molar-refractivity contribution in [3.63, 3.8) is 0 Å². The van der Waals surface area contributed by atoms with E-state index in [1.54, 1.807) is 23.9 Å². The third-order valence-corrected chi connectivity index (χ3v) is 6.43. The Morgan fingerprint density at radius 3 is 2.52 bits per heavy atom. The van der Waals surface area contributed by atoms with Gasteiger partial charge in [0.05, 0.1) is 11.8 Å². The molecule has 7 heteroatoms. The Morgan fingerprint density at radius 2 is 1.82 bits per heavy atom. The van der Waals surface area contributed by atoms with E-state index in [-0.39, 0.29) is 23.8 Å². The van der Waals surface area contributed by atoms with Gasteiger partial charge in [0.1, 0.15) is 0 Å². The molecule has 1 aliphatic heterocycles. The molecule has 0 radical (unpaired) electrons. The molecule has 2 aromatic carbocycles. The van der Waals surface area contributed by atoms with Gasteiger partial charge in [-0.25, -0.2) is 0 Å². The highest BCUT2D eigenvalue weighted by molar-refractivity contribution is 5.85. The minimum atomic E-state index is -0.697. The summed E-state index contributed by atoms with van der Waals surface area (Å²) in [4.78, 5) is 41.7. The fraction of sp³-hybridized carbons (Fsp3) is 0.346. The number of likely N-dealkylation sites (tertiary alicyclic amines) is 1. The lowest BCUT2D eigenvalue weighted by Crippen LogP contribution is -2.54. The molecule has 0 saturated carbocycles. The van der Waals surface area contributed by atoms with E-state index in [0.29, 0.717) is 31.5 Å². The normalized spacial score (nSPS) is 18.2. The molecule has 1 unspecified atom stereocenters. The van der Waals surface area contributed by atoms with E-state index in [0.717, 1.165) is 23.1 Å². The fourth-order valence-corrected chi connectivity index (χ4v) is 4.84. The maximum Gasteiger partial charge on any atom is 0.267 e. The Labute approximate surface area is 193 Å². The second kappa shape index (κ2) is 9.48. The summed E-state index contributed by atoms with van der Waals surface area (Å²) >= 11 is 0. The van der Waals surface area contributed by atoms with Gasteiger partial charge < -0.3 is 14.9 Å². The highest BCUT2D eigenvalue weighted by atomic mass is 16.2. The molecule has 0 bridgehead atoms. The van der Waals surface area contributed by atoms with Gasteiger partial charge in [-0.1, -0.05) is 54.6 Å². The van der Waals surface area contributed by atoms with Crippen LogP contribution in [0.5, 0.6) is 0 Å². The molecule has 1 aromatic heterocycles. The van der Waals surface area contributed by atoms with E-state index >= 15 is 0 Å². The summed E-state index contributed by atoms with van der Waals surface area (Å²) in [5.41, 5.74) is 2.74. The second-order valence-electron chi connectivity index (χ2n) is 9.09. The average Bonchev–Trinajstić information content (AvgIpc) is 3.23. The zero-order valence-electron chi connectivity index (χ0n) is 19.1. The van der Waals surface area contributed by atoms with Crippen LogP contribution in [0, 0.1) is 5.41 Å². The summed E-state index contributed by atoms with van der Waals surface area (Å²) in [6.45, 7) is 0.939. The number of carbonyl (C=O) groups excluding carboxylic acids is 2. The van der Waals surface area contributed by atoms with E-state index in [1.807, 2.05) is 24.3 Å². The molecule has 1 aliphatic rings. The first kappa shape index (κ1) is 22.6. The Hall–Kier alpha value is -3.61. The molecule has 1 fully saturated rings. The van der Waals surface area contributed by atoms with Crippen LogP contribution in [0.2, 0.25) is 0 Å². The lowest BCUT2D eigenvalue weighted by atomic mass is 9.73. The summed E-state index contributed by atoms with van der Waals surface area (Å²) in [5, 5.41) is 5.10. The van der Waals surface area contributed by atoms with E-state index < -0.39 is 5.41 Å². The van der Waals surface area contributed by atoms with Gasteiger partial charge in [-0.2, -0.15) is 0 Å². The van der Waals surface area contributed by atoms with Crippen LogP contribution in [0.15, 0.2) is 65.6 Å². The summed E-state index contributed by atoms with van der Waals surface area (Å²) < 4.78 is 0. The lowest BCUT2D eigenvalue weighted by Gasteiger charge is -2.43. The first-order valence-corrected chi connectivity index (χ1v) is 11.3. The van der Waals surface area contributed by atoms with Gasteiger partial charge in [0.2, 0.25) is 11.8 Å². The number of rotatable bonds is 6. The molecule has 3 aromatic rings. The molecule has 2 amide bonds. The van der Waals surface area contributed by atoms with Crippen LogP contribution in [0.4, 0.5) is 0 Å². The predicted octanol–water partition coefficient (Wildman–Crippen LogP) is 2.85. The molecule has 1 saturated heterocycles. The molecule has 33 heavy (non-hydrogen) atoms. The molecule has 2 heterocycles. The topological polar surface area (TPSA) is 89.3 Å². The van der Waals surface area contributed by atoms with Crippen LogP contribution in [-0.4, -0.2) is 59.0 Å². The summed E-state index contributed by atoms with van der Waals surface area (Å²) in [5.74, 6) is -0.0987. The van der Waals surface area contributed by atoms with Gasteiger partial charge in [0.15, 0.2) is 0 Å². The number of nitrogens with one attached hydrogen (secondary N) is 2. The van der Waals surface area contributed by atoms with Gasteiger partial charge in [0.25, 0.3) is 5.56 Å². The van der Waals surface area contributed by atoms with Crippen LogP contribution in [-0.2, 0) is 22.4 Å². The predicted molar refractivity (Wildman–Crippen MR) is 128 cm³/mol. The number of nitrogens with zero attached hydrogens (tertiary/aromatic N) is 2. The van der Waals surface area contributed by atoms with Crippen molar-refractivity contribution < 1.29 is 9.59 Å². The highest BCUT2D eigenvalue weighted by Crippen LogP contribution is 2.36. The first-order chi connectivity index (χ1) is 15.9. The SMILES string of the molecule is CN(C)C(=O)C1(Cc2cccc(-c3ccccc3)c2)CCCN(C(=O)Cc2c[nH][nH]c2=O)C1. The number of aromatic amines is 2. The number of benzene rings is 2. The number of hydrogen-bond acceptors (Lipinski definition) is 3. The zero-order chi connectivity index (χ0) is 23.4. The standard InChI is InChI=1S/C26H30N4O3/c1-29(2)25(33)26(16-19-8-6-11-21(14-19)20-9-4-3-5-10-20)12-7-13-30(18-26)23(31)15-22-17-27-28-24(22)32/h3-6,8-11,14,17H,7,12-13,15-16,18H2,1-2H3,(H2,27,28,32). The first-order valence-electron chi connectivity index (χ1n) is 11.3. The molecule has 7 nitrogen and oxygen atoms in total. The lowest BCUT2D eigenvalue weighted by molar-refractivity contribution is -0.147. The number of H-pyrrole nitrogens is 2. The van der Waals surface area contributed by atoms with Crippen LogP contribution in [0.3, 0.4) is 0 Å². The number of aromatic nitrogens is 2. The molecule has 2 N–H and O–H groups in total. The maximum atomic E-state index is 13.4. The number of piperidine rings is 1. The Kier molecular flexibility index (Phi) is 6.49. The molecular formula is C26H30N4O3. The summed E-state index contributed by atoms with van der Waals surface area (Å²) in [7, 11) is 3.54. The molecular weight excluding hydrogens is 416 g/mol. The minimum Gasteiger partial charge on any atom is -0.348 e. The van der Waals surface area contributed by atoms with Crippen molar-refractivity contribution in [3.8, 4) is 11.1 Å². The Bertz CT molecular complexity index is 1180. The Balaban J connectivity index is 1.60. The smallest absolute Gasteiger partial charge is 0.267 e. The van der Waals surface area contributed by atoms with E-state index in [9.17, 15) is 14.4 Å². The molecule has 172 valence electrons. The average molecular weight is 447 g/mol. The molecule has 4 rings (SSSR count). The maximum absolute atomic E-state index is 13.4. The zero-order valence-corrected chi connectivity index (χ0v) is 19.1. The molecule has 0 aliphatic carbocycles. The van der Waals surface area contributed by atoms with Gasteiger partial charge in [-0.15, -0.1) is 0 Å². The van der Waals surface area contributed by atoms with Gasteiger partial charge in [0, 0.05) is 38.9 Å². The number of amides is 2. The van der Waals surface area contributed by atoms with Crippen molar-refractivity contribution in [1.29, 1.82) is 0 Å². The van der Waals surface area contributed by atoms with E-state index in [2.05, 4.69) is 40.5 Å². The largest absolute Gasteiger partial charge is 0.348 e. The van der Waals surface area contributed by atoms with Crippen molar-refractivity contribution >= 4 is 11.8 Å². The number of hydrogen-bond donors (Lipinski definition) is 2. The fourth-order valence-electron chi connectivity index (χ4n) is 4.84. The third-order valence-electron chi connectivity index (χ3n) is 6.43. The summed E-state index contributed by atoms with van der Waals surface area (Å²) in [6.07, 6.45) is 3.56. The van der Waals surface area contributed by atoms with Crippen LogP contribution < -0.4 is 5.56 Å². The Morgan fingerprint density at radius 1 is 1.06 bits per heavy atom. The monoisotopic (exact) mass is 446 g/mol.